The molecule has 0 aromatic heterocycles. The number of carbonyl (C=O) groups is 1. The first-order valence-corrected chi connectivity index (χ1v) is 4.77. The van der Waals surface area contributed by atoms with Crippen molar-refractivity contribution in [2.75, 3.05) is 5.75 Å². The van der Waals surface area contributed by atoms with E-state index in [2.05, 4.69) is 0 Å². The molecule has 1 rings (SSSR count). The number of carboxylic acid groups (broad SMARTS) is 1. The monoisotopic (exact) mass is 198 g/mol. The normalized spacial score (nSPS) is 12.4. The number of aliphatic carboxylic acids is 1. The zero-order chi connectivity index (χ0) is 9.68. The average molecular weight is 198 g/mol. The maximum absolute atomic E-state index is 10.3. The van der Waals surface area contributed by atoms with Crippen LogP contribution in [0.1, 0.15) is 0 Å². The molecule has 0 aliphatic rings. The third-order valence-corrected chi connectivity index (χ3v) is 2.52. The SMILES string of the molecule is O=C(O)[C@H](O)CSc1ccccc1. The smallest absolute Gasteiger partial charge is 0.333 e. The average Bonchev–Trinajstić information content (AvgIpc) is 2.15. The molecule has 1 atom stereocenters. The summed E-state index contributed by atoms with van der Waals surface area (Å²) in [4.78, 5) is 11.2. The molecule has 0 unspecified atom stereocenters. The van der Waals surface area contributed by atoms with E-state index in [4.69, 9.17) is 10.2 Å². The Hall–Kier alpha value is -1.00. The fourth-order valence-electron chi connectivity index (χ4n) is 0.763. The van der Waals surface area contributed by atoms with Gasteiger partial charge in [0.05, 0.1) is 0 Å². The number of hydrogen-bond donors (Lipinski definition) is 2. The van der Waals surface area contributed by atoms with Gasteiger partial charge < -0.3 is 10.2 Å². The summed E-state index contributed by atoms with van der Waals surface area (Å²) < 4.78 is 0. The first-order chi connectivity index (χ1) is 6.20. The molecule has 13 heavy (non-hydrogen) atoms. The first kappa shape index (κ1) is 10.1. The van der Waals surface area contributed by atoms with Crippen molar-refractivity contribution in [2.24, 2.45) is 0 Å². The van der Waals surface area contributed by atoms with Gasteiger partial charge in [-0.15, -0.1) is 11.8 Å². The van der Waals surface area contributed by atoms with Crippen LogP contribution in [0.3, 0.4) is 0 Å². The quantitative estimate of drug-likeness (QED) is 0.714. The Morgan fingerprint density at radius 2 is 2.00 bits per heavy atom. The Morgan fingerprint density at radius 3 is 2.54 bits per heavy atom. The maximum atomic E-state index is 10.3. The molecule has 0 aliphatic heterocycles. The third kappa shape index (κ3) is 3.48. The Labute approximate surface area is 80.4 Å². The van der Waals surface area contributed by atoms with Crippen LogP contribution in [-0.2, 0) is 4.79 Å². The van der Waals surface area contributed by atoms with Gasteiger partial charge in [-0.3, -0.25) is 0 Å². The van der Waals surface area contributed by atoms with Crippen molar-refractivity contribution < 1.29 is 15.0 Å². The Bertz CT molecular complexity index is 273. The predicted octanol–water partition coefficient (Wildman–Crippen LogP) is 1.22. The summed E-state index contributed by atoms with van der Waals surface area (Å²) in [5, 5.41) is 17.4. The van der Waals surface area contributed by atoms with Crippen LogP contribution in [0.4, 0.5) is 0 Å². The van der Waals surface area contributed by atoms with Crippen molar-refractivity contribution in [1.29, 1.82) is 0 Å². The number of aliphatic hydroxyl groups is 1. The minimum Gasteiger partial charge on any atom is -0.479 e. The van der Waals surface area contributed by atoms with Gasteiger partial charge in [-0.1, -0.05) is 18.2 Å². The van der Waals surface area contributed by atoms with E-state index in [1.165, 1.54) is 11.8 Å². The number of hydrogen-bond acceptors (Lipinski definition) is 3. The Morgan fingerprint density at radius 1 is 1.38 bits per heavy atom. The van der Waals surface area contributed by atoms with Crippen LogP contribution in [0.25, 0.3) is 0 Å². The summed E-state index contributed by atoms with van der Waals surface area (Å²) in [6.07, 6.45) is -1.29. The van der Waals surface area contributed by atoms with Crippen molar-refractivity contribution in [3.05, 3.63) is 30.3 Å². The molecule has 3 nitrogen and oxygen atoms in total. The summed E-state index contributed by atoms with van der Waals surface area (Å²) in [6, 6.07) is 9.38. The fourth-order valence-corrected chi connectivity index (χ4v) is 1.61. The lowest BCUT2D eigenvalue weighted by Gasteiger charge is -2.04. The van der Waals surface area contributed by atoms with Crippen molar-refractivity contribution in [3.8, 4) is 0 Å². The molecule has 0 aliphatic carbocycles. The number of aliphatic hydroxyl groups excluding tert-OH is 1. The fraction of sp³-hybridized carbons (Fsp3) is 0.222. The molecule has 0 saturated heterocycles. The van der Waals surface area contributed by atoms with Crippen LogP contribution in [-0.4, -0.2) is 28.0 Å². The van der Waals surface area contributed by atoms with Gasteiger partial charge in [-0.25, -0.2) is 4.79 Å². The molecule has 1 aromatic carbocycles. The Balaban J connectivity index is 2.39. The lowest BCUT2D eigenvalue weighted by atomic mass is 10.4. The van der Waals surface area contributed by atoms with Crippen molar-refractivity contribution in [2.45, 2.75) is 11.0 Å². The second-order valence-electron chi connectivity index (χ2n) is 2.48. The van der Waals surface area contributed by atoms with E-state index in [9.17, 15) is 4.79 Å². The molecule has 4 heteroatoms. The molecule has 0 amide bonds. The van der Waals surface area contributed by atoms with Crippen molar-refractivity contribution >= 4 is 17.7 Å². The van der Waals surface area contributed by atoms with E-state index in [-0.39, 0.29) is 5.75 Å². The highest BCUT2D eigenvalue weighted by Gasteiger charge is 2.12. The van der Waals surface area contributed by atoms with Gasteiger partial charge in [-0.2, -0.15) is 0 Å². The van der Waals surface area contributed by atoms with Crippen LogP contribution in [0.15, 0.2) is 35.2 Å². The zero-order valence-corrected chi connectivity index (χ0v) is 7.70. The van der Waals surface area contributed by atoms with Crippen LogP contribution >= 0.6 is 11.8 Å². The van der Waals surface area contributed by atoms with Gasteiger partial charge >= 0.3 is 5.97 Å². The maximum Gasteiger partial charge on any atom is 0.333 e. The summed E-state index contributed by atoms with van der Waals surface area (Å²) in [5.74, 6) is -0.997. The van der Waals surface area contributed by atoms with E-state index in [1.807, 2.05) is 30.3 Å². The van der Waals surface area contributed by atoms with Crippen molar-refractivity contribution in [1.82, 2.24) is 0 Å². The third-order valence-electron chi connectivity index (χ3n) is 1.44. The minimum absolute atomic E-state index is 0.180. The highest BCUT2D eigenvalue weighted by molar-refractivity contribution is 7.99. The van der Waals surface area contributed by atoms with Gasteiger partial charge in [0.2, 0.25) is 0 Å². The van der Waals surface area contributed by atoms with Crippen LogP contribution in [0.5, 0.6) is 0 Å². The zero-order valence-electron chi connectivity index (χ0n) is 6.88. The molecule has 0 heterocycles. The lowest BCUT2D eigenvalue weighted by Crippen LogP contribution is -2.21. The molecule has 2 N–H and O–H groups in total. The van der Waals surface area contributed by atoms with Crippen LogP contribution in [0.2, 0.25) is 0 Å². The summed E-state index contributed by atoms with van der Waals surface area (Å²) >= 11 is 1.33. The van der Waals surface area contributed by atoms with Crippen molar-refractivity contribution in [3.63, 3.8) is 0 Å². The second-order valence-corrected chi connectivity index (χ2v) is 3.57. The van der Waals surface area contributed by atoms with Gasteiger partial charge in [0, 0.05) is 10.6 Å². The van der Waals surface area contributed by atoms with Gasteiger partial charge in [0.1, 0.15) is 0 Å². The summed E-state index contributed by atoms with van der Waals surface area (Å²) in [5.41, 5.74) is 0. The van der Waals surface area contributed by atoms with E-state index >= 15 is 0 Å². The molecule has 0 radical (unpaired) electrons. The molecule has 1 aromatic rings. The topological polar surface area (TPSA) is 57.5 Å². The highest BCUT2D eigenvalue weighted by Crippen LogP contribution is 2.17. The molecule has 0 bridgehead atoms. The lowest BCUT2D eigenvalue weighted by molar-refractivity contribution is -0.145. The molecule has 0 saturated carbocycles. The van der Waals surface area contributed by atoms with E-state index in [1.54, 1.807) is 0 Å². The first-order valence-electron chi connectivity index (χ1n) is 3.79. The van der Waals surface area contributed by atoms with E-state index in [0.717, 1.165) is 4.90 Å². The van der Waals surface area contributed by atoms with Crippen LogP contribution < -0.4 is 0 Å². The van der Waals surface area contributed by atoms with Gasteiger partial charge in [0.15, 0.2) is 6.10 Å². The Kier molecular flexibility index (Phi) is 3.79. The van der Waals surface area contributed by atoms with E-state index < -0.39 is 12.1 Å². The number of rotatable bonds is 4. The van der Waals surface area contributed by atoms with Crippen LogP contribution in [0, 0.1) is 0 Å². The molecule has 0 spiro atoms. The number of thioether (sulfide) groups is 1. The van der Waals surface area contributed by atoms with Gasteiger partial charge in [0.25, 0.3) is 0 Å². The number of carboxylic acids is 1. The standard InChI is InChI=1S/C9H10O3S/c10-8(9(11)12)6-13-7-4-2-1-3-5-7/h1-5,8,10H,6H2,(H,11,12)/t8-/m1/s1. The van der Waals surface area contributed by atoms with E-state index in [0.29, 0.717) is 0 Å². The highest BCUT2D eigenvalue weighted by atomic mass is 32.2. The second kappa shape index (κ2) is 4.89. The molecular formula is C9H10O3S. The molecule has 0 fully saturated rings. The minimum atomic E-state index is -1.29. The summed E-state index contributed by atoms with van der Waals surface area (Å²) in [7, 11) is 0. The molecule has 70 valence electrons. The molecular weight excluding hydrogens is 188 g/mol. The predicted molar refractivity (Wildman–Crippen MR) is 50.8 cm³/mol. The van der Waals surface area contributed by atoms with Gasteiger partial charge in [-0.05, 0) is 12.1 Å². The number of benzene rings is 1. The largest absolute Gasteiger partial charge is 0.479 e. The summed E-state index contributed by atoms with van der Waals surface area (Å²) in [6.45, 7) is 0.